The van der Waals surface area contributed by atoms with E-state index < -0.39 is 0 Å². The van der Waals surface area contributed by atoms with Gasteiger partial charge in [0.05, 0.1) is 12.6 Å². The van der Waals surface area contributed by atoms with E-state index in [0.717, 1.165) is 23.3 Å². The number of benzene rings is 2. The molecule has 0 saturated carbocycles. The summed E-state index contributed by atoms with van der Waals surface area (Å²) in [5.74, 6) is 0.779. The molecule has 3 nitrogen and oxygen atoms in total. The highest BCUT2D eigenvalue weighted by Crippen LogP contribution is 2.31. The largest absolute Gasteiger partial charge is 0.493 e. The van der Waals surface area contributed by atoms with Gasteiger partial charge in [-0.25, -0.2) is 0 Å². The average molecular weight is 279 g/mol. The predicted molar refractivity (Wildman–Crippen MR) is 82.9 cm³/mol. The fraction of sp³-hybridized carbons (Fsp3) is 0.167. The van der Waals surface area contributed by atoms with Gasteiger partial charge in [-0.3, -0.25) is 4.79 Å². The number of rotatable bonds is 3. The van der Waals surface area contributed by atoms with Crippen molar-refractivity contribution in [3.05, 3.63) is 71.8 Å². The molecule has 1 aliphatic heterocycles. The molecule has 1 amide bonds. The standard InChI is InChI=1S/C18H17NO2/c20-18(11-10-14-6-2-1-3-7-14)19-16-12-13-21-17-9-5-4-8-15(16)17/h1-11,16H,12-13H2,(H,19,20)/b11-10+. The molecule has 1 heterocycles. The van der Waals surface area contributed by atoms with Crippen LogP contribution in [0.25, 0.3) is 6.08 Å². The number of hydrogen-bond donors (Lipinski definition) is 1. The number of hydrogen-bond acceptors (Lipinski definition) is 2. The van der Waals surface area contributed by atoms with Crippen LogP contribution in [0.4, 0.5) is 0 Å². The van der Waals surface area contributed by atoms with E-state index in [0.29, 0.717) is 6.61 Å². The van der Waals surface area contributed by atoms with Crippen molar-refractivity contribution in [2.75, 3.05) is 6.61 Å². The third kappa shape index (κ3) is 3.31. The molecule has 2 aromatic carbocycles. The van der Waals surface area contributed by atoms with E-state index in [1.165, 1.54) is 0 Å². The van der Waals surface area contributed by atoms with Gasteiger partial charge in [-0.2, -0.15) is 0 Å². The summed E-state index contributed by atoms with van der Waals surface area (Å²) in [5, 5.41) is 3.04. The molecule has 3 rings (SSSR count). The normalized spacial score (nSPS) is 17.0. The molecule has 0 saturated heterocycles. The summed E-state index contributed by atoms with van der Waals surface area (Å²) >= 11 is 0. The smallest absolute Gasteiger partial charge is 0.244 e. The van der Waals surface area contributed by atoms with Crippen LogP contribution in [0.5, 0.6) is 5.75 Å². The molecule has 0 radical (unpaired) electrons. The van der Waals surface area contributed by atoms with Gasteiger partial charge in [0.25, 0.3) is 0 Å². The fourth-order valence-electron chi connectivity index (χ4n) is 2.45. The van der Waals surface area contributed by atoms with E-state index in [2.05, 4.69) is 5.32 Å². The van der Waals surface area contributed by atoms with Crippen LogP contribution in [0, 0.1) is 0 Å². The van der Waals surface area contributed by atoms with Crippen molar-refractivity contribution in [1.82, 2.24) is 5.32 Å². The van der Waals surface area contributed by atoms with Crippen molar-refractivity contribution >= 4 is 12.0 Å². The van der Waals surface area contributed by atoms with Crippen molar-refractivity contribution in [2.24, 2.45) is 0 Å². The first-order valence-corrected chi connectivity index (χ1v) is 7.08. The van der Waals surface area contributed by atoms with Crippen molar-refractivity contribution in [3.8, 4) is 5.75 Å². The van der Waals surface area contributed by atoms with E-state index in [9.17, 15) is 4.79 Å². The lowest BCUT2D eigenvalue weighted by Gasteiger charge is -2.26. The van der Waals surface area contributed by atoms with Crippen molar-refractivity contribution < 1.29 is 9.53 Å². The van der Waals surface area contributed by atoms with E-state index in [1.807, 2.05) is 60.7 Å². The molecule has 0 aliphatic carbocycles. The van der Waals surface area contributed by atoms with Gasteiger partial charge >= 0.3 is 0 Å². The second-order valence-corrected chi connectivity index (χ2v) is 4.98. The molecule has 0 spiro atoms. The Morgan fingerprint density at radius 2 is 1.86 bits per heavy atom. The number of nitrogens with one attached hydrogen (secondary N) is 1. The Balaban J connectivity index is 1.67. The molecule has 21 heavy (non-hydrogen) atoms. The summed E-state index contributed by atoms with van der Waals surface area (Å²) in [4.78, 5) is 12.1. The van der Waals surface area contributed by atoms with Gasteiger partial charge in [-0.1, -0.05) is 48.5 Å². The first kappa shape index (κ1) is 13.4. The Kier molecular flexibility index (Phi) is 4.01. The van der Waals surface area contributed by atoms with Crippen molar-refractivity contribution in [2.45, 2.75) is 12.5 Å². The zero-order valence-corrected chi connectivity index (χ0v) is 11.7. The Labute approximate surface area is 124 Å². The molecule has 106 valence electrons. The maximum absolute atomic E-state index is 12.1. The molecular weight excluding hydrogens is 262 g/mol. The summed E-state index contributed by atoms with van der Waals surface area (Å²) in [6.07, 6.45) is 4.19. The Morgan fingerprint density at radius 1 is 1.10 bits per heavy atom. The monoisotopic (exact) mass is 279 g/mol. The van der Waals surface area contributed by atoms with Gasteiger partial charge in [-0.15, -0.1) is 0 Å². The summed E-state index contributed by atoms with van der Waals surface area (Å²) in [6.45, 7) is 0.629. The second kappa shape index (κ2) is 6.27. The van der Waals surface area contributed by atoms with Gasteiger partial charge in [0.15, 0.2) is 0 Å². The molecule has 3 heteroatoms. The molecule has 1 N–H and O–H groups in total. The first-order chi connectivity index (χ1) is 10.3. The number of carbonyl (C=O) groups is 1. The molecule has 1 aliphatic rings. The third-order valence-corrected chi connectivity index (χ3v) is 3.50. The number of ether oxygens (including phenoxy) is 1. The summed E-state index contributed by atoms with van der Waals surface area (Å²) in [7, 11) is 0. The zero-order chi connectivity index (χ0) is 14.5. The van der Waals surface area contributed by atoms with Crippen LogP contribution >= 0.6 is 0 Å². The zero-order valence-electron chi connectivity index (χ0n) is 11.7. The van der Waals surface area contributed by atoms with E-state index in [1.54, 1.807) is 6.08 Å². The van der Waals surface area contributed by atoms with Crippen LogP contribution in [-0.4, -0.2) is 12.5 Å². The number of carbonyl (C=O) groups excluding carboxylic acids is 1. The molecule has 0 bridgehead atoms. The minimum Gasteiger partial charge on any atom is -0.493 e. The van der Waals surface area contributed by atoms with Gasteiger partial charge in [-0.05, 0) is 17.7 Å². The molecule has 1 unspecified atom stereocenters. The molecule has 0 fully saturated rings. The number of para-hydroxylation sites is 1. The number of fused-ring (bicyclic) bond motifs is 1. The lowest BCUT2D eigenvalue weighted by molar-refractivity contribution is -0.117. The molecule has 2 aromatic rings. The maximum Gasteiger partial charge on any atom is 0.244 e. The van der Waals surface area contributed by atoms with Gasteiger partial charge in [0.2, 0.25) is 5.91 Å². The highest BCUT2D eigenvalue weighted by Gasteiger charge is 2.21. The second-order valence-electron chi connectivity index (χ2n) is 4.98. The Hall–Kier alpha value is -2.55. The number of amides is 1. The van der Waals surface area contributed by atoms with Crippen molar-refractivity contribution in [1.29, 1.82) is 0 Å². The van der Waals surface area contributed by atoms with E-state index in [-0.39, 0.29) is 11.9 Å². The molecule has 0 aromatic heterocycles. The van der Waals surface area contributed by atoms with Crippen LogP contribution in [-0.2, 0) is 4.79 Å². The highest BCUT2D eigenvalue weighted by atomic mass is 16.5. The maximum atomic E-state index is 12.1. The lowest BCUT2D eigenvalue weighted by atomic mass is 10.0. The Bertz CT molecular complexity index is 649. The first-order valence-electron chi connectivity index (χ1n) is 7.08. The van der Waals surface area contributed by atoms with Gasteiger partial charge in [0.1, 0.15) is 5.75 Å². The lowest BCUT2D eigenvalue weighted by Crippen LogP contribution is -2.30. The quantitative estimate of drug-likeness (QED) is 0.875. The van der Waals surface area contributed by atoms with Crippen LogP contribution in [0.2, 0.25) is 0 Å². The van der Waals surface area contributed by atoms with E-state index >= 15 is 0 Å². The topological polar surface area (TPSA) is 38.3 Å². The summed E-state index contributed by atoms with van der Waals surface area (Å²) in [5.41, 5.74) is 2.06. The van der Waals surface area contributed by atoms with Crippen LogP contribution < -0.4 is 10.1 Å². The van der Waals surface area contributed by atoms with Gasteiger partial charge < -0.3 is 10.1 Å². The predicted octanol–water partition coefficient (Wildman–Crippen LogP) is 3.34. The molecular formula is C18H17NO2. The third-order valence-electron chi connectivity index (χ3n) is 3.50. The van der Waals surface area contributed by atoms with Gasteiger partial charge in [0, 0.05) is 18.1 Å². The minimum absolute atomic E-state index is 0.0165. The average Bonchev–Trinajstić information content (AvgIpc) is 2.54. The minimum atomic E-state index is -0.0828. The Morgan fingerprint density at radius 3 is 2.71 bits per heavy atom. The fourth-order valence-corrected chi connectivity index (χ4v) is 2.45. The SMILES string of the molecule is O=C(/C=C/c1ccccc1)NC1CCOc2ccccc21. The van der Waals surface area contributed by atoms with Crippen molar-refractivity contribution in [3.63, 3.8) is 0 Å². The van der Waals surface area contributed by atoms with Crippen LogP contribution in [0.3, 0.4) is 0 Å². The highest BCUT2D eigenvalue weighted by molar-refractivity contribution is 5.92. The van der Waals surface area contributed by atoms with Crippen LogP contribution in [0.1, 0.15) is 23.6 Å². The van der Waals surface area contributed by atoms with E-state index in [4.69, 9.17) is 4.74 Å². The van der Waals surface area contributed by atoms with Crippen LogP contribution in [0.15, 0.2) is 60.7 Å². The summed E-state index contributed by atoms with van der Waals surface area (Å²) < 4.78 is 5.60. The molecule has 1 atom stereocenters. The summed E-state index contributed by atoms with van der Waals surface area (Å²) in [6, 6.07) is 17.7.